The lowest BCUT2D eigenvalue weighted by molar-refractivity contribution is -0.117. The van der Waals surface area contributed by atoms with Crippen LogP contribution in [0.3, 0.4) is 0 Å². The van der Waals surface area contributed by atoms with E-state index in [1.165, 1.54) is 6.07 Å². The van der Waals surface area contributed by atoms with E-state index in [1.54, 1.807) is 37.3 Å². The van der Waals surface area contributed by atoms with Crippen LogP contribution in [0.2, 0.25) is 5.02 Å². The minimum Gasteiger partial charge on any atom is -0.456 e. The molecule has 0 aliphatic carbocycles. The Hall–Kier alpha value is -3.03. The Morgan fingerprint density at radius 2 is 1.77 bits per heavy atom. The molecule has 1 aromatic heterocycles. The van der Waals surface area contributed by atoms with Gasteiger partial charge in [0.25, 0.3) is 0 Å². The molecule has 0 bridgehead atoms. The molecule has 1 unspecified atom stereocenters. The topological polar surface area (TPSA) is 79.6 Å². The van der Waals surface area contributed by atoms with Gasteiger partial charge in [0.05, 0.1) is 11.9 Å². The molecule has 0 fully saturated rings. The molecule has 1 heterocycles. The number of sulfonamides is 1. The number of hydrogen-bond acceptors (Lipinski definition) is 4. The highest BCUT2D eigenvalue weighted by Gasteiger charge is 2.31. The van der Waals surface area contributed by atoms with Crippen LogP contribution in [0, 0.1) is 0 Å². The van der Waals surface area contributed by atoms with Crippen molar-refractivity contribution in [3.05, 3.63) is 71.8 Å². The van der Waals surface area contributed by atoms with Crippen molar-refractivity contribution in [2.75, 3.05) is 15.9 Å². The fourth-order valence-corrected chi connectivity index (χ4v) is 5.09. The first-order valence-electron chi connectivity index (χ1n) is 9.75. The predicted molar refractivity (Wildman–Crippen MR) is 125 cm³/mol. The number of carbonyl (C=O) groups is 1. The van der Waals surface area contributed by atoms with Crippen LogP contribution in [-0.2, 0) is 14.8 Å². The lowest BCUT2D eigenvalue weighted by Gasteiger charge is -2.30. The fourth-order valence-electron chi connectivity index (χ4n) is 3.70. The van der Waals surface area contributed by atoms with Gasteiger partial charge < -0.3 is 9.73 Å². The van der Waals surface area contributed by atoms with Crippen molar-refractivity contribution in [3.63, 3.8) is 0 Å². The minimum absolute atomic E-state index is 0.276. The highest BCUT2D eigenvalue weighted by molar-refractivity contribution is 7.92. The average molecular weight is 457 g/mol. The standard InChI is InChI=1S/C23H21ClN2O4S/c1-3-20(26(31(2,28)29)17-8-6-7-15(24)13-17)23(27)25-16-11-12-19-18-9-4-5-10-21(18)30-22(19)14-16/h4-14,20H,3H2,1-2H3,(H,25,27). The highest BCUT2D eigenvalue weighted by atomic mass is 35.5. The monoisotopic (exact) mass is 456 g/mol. The number of nitrogens with zero attached hydrogens (tertiary/aromatic N) is 1. The largest absolute Gasteiger partial charge is 0.456 e. The molecule has 1 atom stereocenters. The lowest BCUT2D eigenvalue weighted by atomic mass is 10.1. The predicted octanol–water partition coefficient (Wildman–Crippen LogP) is 5.42. The first-order valence-corrected chi connectivity index (χ1v) is 12.0. The molecule has 4 rings (SSSR count). The molecule has 0 aliphatic heterocycles. The van der Waals surface area contributed by atoms with Gasteiger partial charge in [-0.05, 0) is 42.8 Å². The van der Waals surface area contributed by atoms with E-state index in [0.29, 0.717) is 22.0 Å². The second kappa shape index (κ2) is 8.24. The van der Waals surface area contributed by atoms with E-state index in [1.807, 2.05) is 30.3 Å². The summed E-state index contributed by atoms with van der Waals surface area (Å²) in [4.78, 5) is 13.1. The molecule has 3 aromatic carbocycles. The van der Waals surface area contributed by atoms with E-state index in [0.717, 1.165) is 26.9 Å². The smallest absolute Gasteiger partial charge is 0.248 e. The van der Waals surface area contributed by atoms with Crippen LogP contribution in [0.4, 0.5) is 11.4 Å². The summed E-state index contributed by atoms with van der Waals surface area (Å²) >= 11 is 6.05. The summed E-state index contributed by atoms with van der Waals surface area (Å²) < 4.78 is 32.1. The summed E-state index contributed by atoms with van der Waals surface area (Å²) in [5, 5.41) is 5.15. The van der Waals surface area contributed by atoms with Gasteiger partial charge in [-0.1, -0.05) is 42.8 Å². The maximum absolute atomic E-state index is 13.1. The molecule has 1 amide bonds. The molecule has 0 saturated heterocycles. The van der Waals surface area contributed by atoms with E-state index >= 15 is 0 Å². The summed E-state index contributed by atoms with van der Waals surface area (Å²) in [6.07, 6.45) is 1.35. The fraction of sp³-hybridized carbons (Fsp3) is 0.174. The van der Waals surface area contributed by atoms with Crippen LogP contribution in [0.1, 0.15) is 13.3 Å². The zero-order valence-electron chi connectivity index (χ0n) is 17.0. The Labute approximate surface area is 185 Å². The average Bonchev–Trinajstić information content (AvgIpc) is 3.08. The van der Waals surface area contributed by atoms with Crippen molar-refractivity contribution in [2.45, 2.75) is 19.4 Å². The summed E-state index contributed by atoms with van der Waals surface area (Å²) in [6.45, 7) is 1.76. The van der Waals surface area contributed by atoms with Crippen molar-refractivity contribution in [2.24, 2.45) is 0 Å². The maximum atomic E-state index is 13.1. The molecule has 1 N–H and O–H groups in total. The summed E-state index contributed by atoms with van der Waals surface area (Å²) in [7, 11) is -3.74. The number of para-hydroxylation sites is 1. The number of nitrogens with one attached hydrogen (secondary N) is 1. The number of amides is 1. The third-order valence-corrected chi connectivity index (χ3v) is 6.45. The van der Waals surface area contributed by atoms with Gasteiger partial charge in [-0.3, -0.25) is 9.10 Å². The Bertz CT molecular complexity index is 1380. The SMILES string of the molecule is CCC(C(=O)Nc1ccc2c(c1)oc1ccccc12)N(c1cccc(Cl)c1)S(C)(=O)=O. The second-order valence-electron chi connectivity index (χ2n) is 7.26. The quantitative estimate of drug-likeness (QED) is 0.420. The van der Waals surface area contributed by atoms with E-state index in [9.17, 15) is 13.2 Å². The van der Waals surface area contributed by atoms with Crippen LogP contribution in [0.5, 0.6) is 0 Å². The third-order valence-electron chi connectivity index (χ3n) is 5.04. The minimum atomic E-state index is -3.74. The van der Waals surface area contributed by atoms with Crippen LogP contribution in [0.15, 0.2) is 71.1 Å². The van der Waals surface area contributed by atoms with E-state index in [2.05, 4.69) is 5.32 Å². The molecule has 0 saturated carbocycles. The van der Waals surface area contributed by atoms with E-state index in [4.69, 9.17) is 16.0 Å². The van der Waals surface area contributed by atoms with Gasteiger partial charge in [-0.15, -0.1) is 0 Å². The molecular weight excluding hydrogens is 436 g/mol. The normalized spacial score (nSPS) is 12.7. The second-order valence-corrected chi connectivity index (χ2v) is 9.56. The summed E-state index contributed by atoms with van der Waals surface area (Å²) in [6, 6.07) is 18.6. The summed E-state index contributed by atoms with van der Waals surface area (Å²) in [5.41, 5.74) is 2.26. The summed E-state index contributed by atoms with van der Waals surface area (Å²) in [5.74, 6) is -0.441. The Balaban J connectivity index is 1.67. The molecule has 0 aliphatic rings. The van der Waals surface area contributed by atoms with Gasteiger partial charge in [0, 0.05) is 27.5 Å². The number of halogens is 1. The van der Waals surface area contributed by atoms with Gasteiger partial charge in [-0.2, -0.15) is 0 Å². The van der Waals surface area contributed by atoms with Crippen molar-refractivity contribution >= 4 is 60.8 Å². The molecule has 0 spiro atoms. The number of hydrogen-bond donors (Lipinski definition) is 1. The maximum Gasteiger partial charge on any atom is 0.248 e. The Morgan fingerprint density at radius 3 is 2.48 bits per heavy atom. The zero-order chi connectivity index (χ0) is 22.2. The molecule has 6 nitrogen and oxygen atoms in total. The molecule has 31 heavy (non-hydrogen) atoms. The van der Waals surface area contributed by atoms with Gasteiger partial charge >= 0.3 is 0 Å². The van der Waals surface area contributed by atoms with Crippen molar-refractivity contribution in [1.29, 1.82) is 0 Å². The Morgan fingerprint density at radius 1 is 1.03 bits per heavy atom. The lowest BCUT2D eigenvalue weighted by Crippen LogP contribution is -2.47. The van der Waals surface area contributed by atoms with Crippen molar-refractivity contribution in [3.8, 4) is 0 Å². The van der Waals surface area contributed by atoms with Crippen molar-refractivity contribution < 1.29 is 17.6 Å². The van der Waals surface area contributed by atoms with E-state index in [-0.39, 0.29) is 6.42 Å². The van der Waals surface area contributed by atoms with Gasteiger partial charge in [-0.25, -0.2) is 8.42 Å². The van der Waals surface area contributed by atoms with Gasteiger partial charge in [0.1, 0.15) is 17.2 Å². The number of furan rings is 1. The molecule has 0 radical (unpaired) electrons. The van der Waals surface area contributed by atoms with Crippen LogP contribution in [-0.4, -0.2) is 26.6 Å². The number of carbonyl (C=O) groups excluding carboxylic acids is 1. The molecular formula is C23H21ClN2O4S. The number of anilines is 2. The number of rotatable bonds is 6. The molecule has 160 valence electrons. The first-order chi connectivity index (χ1) is 14.8. The van der Waals surface area contributed by atoms with E-state index < -0.39 is 22.0 Å². The Kier molecular flexibility index (Phi) is 5.64. The van der Waals surface area contributed by atoms with Gasteiger partial charge in [0.15, 0.2) is 0 Å². The highest BCUT2D eigenvalue weighted by Crippen LogP contribution is 2.31. The number of fused-ring (bicyclic) bond motifs is 3. The molecule has 4 aromatic rings. The van der Waals surface area contributed by atoms with Gasteiger partial charge in [0.2, 0.25) is 15.9 Å². The van der Waals surface area contributed by atoms with Crippen LogP contribution >= 0.6 is 11.6 Å². The number of benzene rings is 3. The third kappa shape index (κ3) is 4.24. The van der Waals surface area contributed by atoms with Crippen LogP contribution in [0.25, 0.3) is 21.9 Å². The first kappa shape index (κ1) is 21.2. The zero-order valence-corrected chi connectivity index (χ0v) is 18.6. The molecule has 8 heteroatoms. The van der Waals surface area contributed by atoms with Crippen LogP contribution < -0.4 is 9.62 Å². The van der Waals surface area contributed by atoms with Crippen molar-refractivity contribution in [1.82, 2.24) is 0 Å².